The van der Waals surface area contributed by atoms with Crippen LogP contribution in [0.25, 0.3) is 9.88 Å². The molecular weight excluding hydrogens is 358 g/mol. The van der Waals surface area contributed by atoms with Crippen molar-refractivity contribution in [3.63, 3.8) is 0 Å². The summed E-state index contributed by atoms with van der Waals surface area (Å²) in [6, 6.07) is 4.21. The number of likely N-dealkylation sites (tertiary alicyclic amines) is 1. The number of carbonyl (C=O) groups is 2. The standard InChI is InChI=1S/C17H21N3O3S2/c1-2-19(10-15(21)22)12-5-7-20(8-6-12)17(23)13-11-25-16(18-13)14-4-3-9-24-14/h3-4,9,11-12H,2,5-8,10H2,1H3,(H,21,22). The van der Waals surface area contributed by atoms with Crippen molar-refractivity contribution in [1.29, 1.82) is 0 Å². The lowest BCUT2D eigenvalue weighted by Gasteiger charge is -2.37. The van der Waals surface area contributed by atoms with Crippen LogP contribution in [0.5, 0.6) is 0 Å². The number of carboxylic acid groups (broad SMARTS) is 1. The number of hydrogen-bond donors (Lipinski definition) is 1. The van der Waals surface area contributed by atoms with E-state index in [1.165, 1.54) is 11.3 Å². The summed E-state index contributed by atoms with van der Waals surface area (Å²) in [6.45, 7) is 4.03. The van der Waals surface area contributed by atoms with Crippen LogP contribution >= 0.6 is 22.7 Å². The molecule has 0 unspecified atom stereocenters. The van der Waals surface area contributed by atoms with E-state index >= 15 is 0 Å². The number of carboxylic acids is 1. The topological polar surface area (TPSA) is 73.7 Å². The zero-order valence-corrected chi connectivity index (χ0v) is 15.7. The second-order valence-electron chi connectivity index (χ2n) is 6.00. The van der Waals surface area contributed by atoms with Crippen LogP contribution in [-0.4, -0.2) is 64.0 Å². The Balaban J connectivity index is 1.59. The zero-order valence-electron chi connectivity index (χ0n) is 14.1. The van der Waals surface area contributed by atoms with Crippen molar-refractivity contribution in [2.75, 3.05) is 26.2 Å². The first-order chi connectivity index (χ1) is 12.1. The molecule has 3 heterocycles. The minimum absolute atomic E-state index is 0.0289. The van der Waals surface area contributed by atoms with Gasteiger partial charge in [0.1, 0.15) is 10.7 Å². The monoisotopic (exact) mass is 379 g/mol. The molecule has 1 N–H and O–H groups in total. The predicted molar refractivity (Wildman–Crippen MR) is 99.2 cm³/mol. The van der Waals surface area contributed by atoms with Crippen molar-refractivity contribution >= 4 is 34.6 Å². The molecule has 0 spiro atoms. The Bertz CT molecular complexity index is 721. The minimum Gasteiger partial charge on any atom is -0.480 e. The maximum Gasteiger partial charge on any atom is 0.317 e. The van der Waals surface area contributed by atoms with Gasteiger partial charge in [0.05, 0.1) is 11.4 Å². The highest BCUT2D eigenvalue weighted by Crippen LogP contribution is 2.28. The van der Waals surface area contributed by atoms with Gasteiger partial charge in [0, 0.05) is 24.5 Å². The summed E-state index contributed by atoms with van der Waals surface area (Å²) >= 11 is 3.11. The van der Waals surface area contributed by atoms with Crippen molar-refractivity contribution in [1.82, 2.24) is 14.8 Å². The van der Waals surface area contributed by atoms with Crippen molar-refractivity contribution in [2.24, 2.45) is 0 Å². The highest BCUT2D eigenvalue weighted by Gasteiger charge is 2.28. The number of piperidine rings is 1. The van der Waals surface area contributed by atoms with Crippen LogP contribution in [0.3, 0.4) is 0 Å². The van der Waals surface area contributed by atoms with Crippen molar-refractivity contribution < 1.29 is 14.7 Å². The molecule has 134 valence electrons. The summed E-state index contributed by atoms with van der Waals surface area (Å²) < 4.78 is 0. The van der Waals surface area contributed by atoms with Gasteiger partial charge in [-0.25, -0.2) is 4.98 Å². The van der Waals surface area contributed by atoms with E-state index in [0.717, 1.165) is 22.7 Å². The van der Waals surface area contributed by atoms with Gasteiger partial charge in [0.15, 0.2) is 0 Å². The molecule has 1 fully saturated rings. The molecule has 1 saturated heterocycles. The number of thiazole rings is 1. The molecule has 25 heavy (non-hydrogen) atoms. The molecule has 0 aliphatic carbocycles. The van der Waals surface area contributed by atoms with E-state index in [0.29, 0.717) is 25.3 Å². The number of rotatable bonds is 6. The third kappa shape index (κ3) is 4.26. The van der Waals surface area contributed by atoms with Crippen molar-refractivity contribution in [2.45, 2.75) is 25.8 Å². The minimum atomic E-state index is -0.802. The number of likely N-dealkylation sites (N-methyl/N-ethyl adjacent to an activating group) is 1. The van der Waals surface area contributed by atoms with Gasteiger partial charge in [-0.1, -0.05) is 13.0 Å². The van der Waals surface area contributed by atoms with Crippen LogP contribution in [0.4, 0.5) is 0 Å². The van der Waals surface area contributed by atoms with Gasteiger partial charge in [-0.3, -0.25) is 14.5 Å². The predicted octanol–water partition coefficient (Wildman–Crippen LogP) is 2.88. The van der Waals surface area contributed by atoms with Gasteiger partial charge in [-0.15, -0.1) is 22.7 Å². The molecular formula is C17H21N3O3S2. The van der Waals surface area contributed by atoms with E-state index in [1.54, 1.807) is 11.3 Å². The highest BCUT2D eigenvalue weighted by atomic mass is 32.1. The average Bonchev–Trinajstić information content (AvgIpc) is 3.30. The van der Waals surface area contributed by atoms with E-state index < -0.39 is 5.97 Å². The molecule has 3 rings (SSSR count). The van der Waals surface area contributed by atoms with E-state index in [2.05, 4.69) is 4.98 Å². The molecule has 1 amide bonds. The first-order valence-corrected chi connectivity index (χ1v) is 10.1. The number of amides is 1. The molecule has 0 saturated carbocycles. The summed E-state index contributed by atoms with van der Waals surface area (Å²) in [5.74, 6) is -0.831. The second kappa shape index (κ2) is 8.07. The van der Waals surface area contributed by atoms with Gasteiger partial charge in [-0.2, -0.15) is 0 Å². The van der Waals surface area contributed by atoms with Crippen LogP contribution in [0.1, 0.15) is 30.3 Å². The third-order valence-corrected chi connectivity index (χ3v) is 6.35. The van der Waals surface area contributed by atoms with Gasteiger partial charge < -0.3 is 10.0 Å². The molecule has 8 heteroatoms. The summed E-state index contributed by atoms with van der Waals surface area (Å²) in [7, 11) is 0. The summed E-state index contributed by atoms with van der Waals surface area (Å²) in [6.07, 6.45) is 1.60. The first kappa shape index (κ1) is 18.0. The normalized spacial score (nSPS) is 15.7. The molecule has 2 aromatic heterocycles. The number of hydrogen-bond acceptors (Lipinski definition) is 6. The van der Waals surface area contributed by atoms with Crippen LogP contribution in [0, 0.1) is 0 Å². The fraction of sp³-hybridized carbons (Fsp3) is 0.471. The van der Waals surface area contributed by atoms with Gasteiger partial charge in [0.25, 0.3) is 5.91 Å². The van der Waals surface area contributed by atoms with Gasteiger partial charge >= 0.3 is 5.97 Å². The largest absolute Gasteiger partial charge is 0.480 e. The quantitative estimate of drug-likeness (QED) is 0.835. The number of thiophene rings is 1. The van der Waals surface area contributed by atoms with Crippen molar-refractivity contribution in [3.05, 3.63) is 28.6 Å². The lowest BCUT2D eigenvalue weighted by atomic mass is 10.0. The van der Waals surface area contributed by atoms with Gasteiger partial charge in [-0.05, 0) is 30.8 Å². The Kier molecular flexibility index (Phi) is 5.82. The Morgan fingerprint density at radius 1 is 1.36 bits per heavy atom. The highest BCUT2D eigenvalue weighted by molar-refractivity contribution is 7.20. The molecule has 0 aromatic carbocycles. The first-order valence-electron chi connectivity index (χ1n) is 8.33. The summed E-state index contributed by atoms with van der Waals surface area (Å²) in [4.78, 5) is 33.0. The maximum atomic E-state index is 12.7. The Morgan fingerprint density at radius 3 is 2.72 bits per heavy atom. The molecule has 1 aliphatic heterocycles. The van der Waals surface area contributed by atoms with Crippen molar-refractivity contribution in [3.8, 4) is 9.88 Å². The number of carbonyl (C=O) groups excluding carboxylic acids is 1. The number of nitrogens with zero attached hydrogens (tertiary/aromatic N) is 3. The number of aromatic nitrogens is 1. The SMILES string of the molecule is CCN(CC(=O)O)C1CCN(C(=O)c2csc(-c3cccs3)n2)CC1. The fourth-order valence-corrected chi connectivity index (χ4v) is 4.76. The van der Waals surface area contributed by atoms with Crippen LogP contribution in [0.2, 0.25) is 0 Å². The van der Waals surface area contributed by atoms with Crippen LogP contribution in [-0.2, 0) is 4.79 Å². The smallest absolute Gasteiger partial charge is 0.317 e. The Morgan fingerprint density at radius 2 is 2.12 bits per heavy atom. The molecule has 0 bridgehead atoms. The fourth-order valence-electron chi connectivity index (χ4n) is 3.15. The van der Waals surface area contributed by atoms with E-state index in [1.807, 2.05) is 39.6 Å². The van der Waals surface area contributed by atoms with E-state index in [-0.39, 0.29) is 18.5 Å². The lowest BCUT2D eigenvalue weighted by molar-refractivity contribution is -0.139. The average molecular weight is 380 g/mol. The molecule has 0 atom stereocenters. The number of aliphatic carboxylic acids is 1. The molecule has 2 aromatic rings. The maximum absolute atomic E-state index is 12.7. The lowest BCUT2D eigenvalue weighted by Crippen LogP contribution is -2.48. The summed E-state index contributed by atoms with van der Waals surface area (Å²) in [5.41, 5.74) is 0.504. The zero-order chi connectivity index (χ0) is 17.8. The van der Waals surface area contributed by atoms with Crippen LogP contribution < -0.4 is 0 Å². The van der Waals surface area contributed by atoms with Crippen LogP contribution in [0.15, 0.2) is 22.9 Å². The Hall–Kier alpha value is -1.77. The second-order valence-corrected chi connectivity index (χ2v) is 7.80. The Labute approximate surface area is 154 Å². The van der Waals surface area contributed by atoms with E-state index in [4.69, 9.17) is 5.11 Å². The molecule has 1 aliphatic rings. The molecule has 6 nitrogen and oxygen atoms in total. The third-order valence-electron chi connectivity index (χ3n) is 4.47. The molecule has 0 radical (unpaired) electrons. The summed E-state index contributed by atoms with van der Waals surface area (Å²) in [5, 5.41) is 13.7. The van der Waals surface area contributed by atoms with Gasteiger partial charge in [0.2, 0.25) is 0 Å². The van der Waals surface area contributed by atoms with E-state index in [9.17, 15) is 9.59 Å².